The van der Waals surface area contributed by atoms with Gasteiger partial charge in [-0.15, -0.1) is 0 Å². The van der Waals surface area contributed by atoms with Crippen LogP contribution in [0.2, 0.25) is 5.02 Å². The van der Waals surface area contributed by atoms with Crippen molar-refractivity contribution in [2.75, 3.05) is 6.54 Å². The first-order chi connectivity index (χ1) is 14.8. The van der Waals surface area contributed by atoms with Crippen molar-refractivity contribution < 1.29 is 14.4 Å². The summed E-state index contributed by atoms with van der Waals surface area (Å²) in [6, 6.07) is 14.0. The second kappa shape index (κ2) is 10.9. The predicted octanol–water partition coefficient (Wildman–Crippen LogP) is 4.55. The fourth-order valence-corrected chi connectivity index (χ4v) is 4.44. The average molecular weight is 539 g/mol. The number of carbonyl (C=O) groups is 3. The van der Waals surface area contributed by atoms with E-state index in [1.54, 1.807) is 36.4 Å². The average Bonchev–Trinajstić information content (AvgIpc) is 3.01. The van der Waals surface area contributed by atoms with Gasteiger partial charge in [0, 0.05) is 28.0 Å². The molecule has 2 aromatic carbocycles. The largest absolute Gasteiger partial charge is 0.293 e. The molecule has 0 bridgehead atoms. The molecule has 2 aromatic rings. The summed E-state index contributed by atoms with van der Waals surface area (Å²) in [4.78, 5) is 38.6. The van der Waals surface area contributed by atoms with Gasteiger partial charge in [0.05, 0.1) is 4.91 Å². The Labute approximate surface area is 202 Å². The van der Waals surface area contributed by atoms with Crippen LogP contribution in [0.25, 0.3) is 6.08 Å². The minimum atomic E-state index is -0.414. The molecule has 160 valence electrons. The smallest absolute Gasteiger partial charge is 0.269 e. The third kappa shape index (κ3) is 6.39. The fourth-order valence-electron chi connectivity index (χ4n) is 2.69. The summed E-state index contributed by atoms with van der Waals surface area (Å²) >= 11 is 16.0. The standard InChI is InChI=1S/C21H17BrClN3O3S2/c22-15-9-7-13(8-10-15)19(28)25-24-18(27)6-3-11-26-20(29)17(31-21(26)30)12-14-4-1-2-5-16(14)23/h1-2,4-5,7-10,12H,3,6,11H2,(H,24,27)(H,25,28). The van der Waals surface area contributed by atoms with Gasteiger partial charge in [0.25, 0.3) is 11.8 Å². The molecule has 0 saturated carbocycles. The van der Waals surface area contributed by atoms with Gasteiger partial charge in [-0.3, -0.25) is 30.1 Å². The van der Waals surface area contributed by atoms with E-state index in [2.05, 4.69) is 26.8 Å². The van der Waals surface area contributed by atoms with E-state index in [0.29, 0.717) is 32.8 Å². The van der Waals surface area contributed by atoms with E-state index >= 15 is 0 Å². The molecule has 1 heterocycles. The number of rotatable bonds is 6. The maximum absolute atomic E-state index is 12.6. The van der Waals surface area contributed by atoms with Crippen molar-refractivity contribution in [2.45, 2.75) is 12.8 Å². The summed E-state index contributed by atoms with van der Waals surface area (Å²) in [6.07, 6.45) is 2.24. The minimum Gasteiger partial charge on any atom is -0.293 e. The van der Waals surface area contributed by atoms with Gasteiger partial charge in [-0.1, -0.05) is 69.7 Å². The van der Waals surface area contributed by atoms with Gasteiger partial charge in [-0.05, 0) is 48.4 Å². The number of carbonyl (C=O) groups excluding carboxylic acids is 3. The van der Waals surface area contributed by atoms with Crippen LogP contribution in [-0.2, 0) is 9.59 Å². The van der Waals surface area contributed by atoms with Crippen molar-refractivity contribution in [3.63, 3.8) is 0 Å². The second-order valence-corrected chi connectivity index (χ2v) is 9.47. The first-order valence-electron chi connectivity index (χ1n) is 9.20. The molecule has 10 heteroatoms. The molecule has 3 rings (SSSR count). The Bertz CT molecular complexity index is 1060. The molecule has 3 amide bonds. The number of thioether (sulfide) groups is 1. The number of amides is 3. The Hall–Kier alpha value is -2.20. The number of thiocarbonyl (C=S) groups is 1. The lowest BCUT2D eigenvalue weighted by Crippen LogP contribution is -2.41. The Morgan fingerprint density at radius 3 is 2.55 bits per heavy atom. The van der Waals surface area contributed by atoms with Crippen LogP contribution in [0, 0.1) is 0 Å². The fraction of sp³-hybridized carbons (Fsp3) is 0.143. The van der Waals surface area contributed by atoms with Crippen molar-refractivity contribution in [3.8, 4) is 0 Å². The van der Waals surface area contributed by atoms with Crippen molar-refractivity contribution in [3.05, 3.63) is 74.1 Å². The third-order valence-electron chi connectivity index (χ3n) is 4.27. The zero-order valence-corrected chi connectivity index (χ0v) is 20.0. The van der Waals surface area contributed by atoms with Gasteiger partial charge in [0.2, 0.25) is 5.91 Å². The van der Waals surface area contributed by atoms with E-state index in [1.807, 2.05) is 18.2 Å². The van der Waals surface area contributed by atoms with Crippen LogP contribution in [0.3, 0.4) is 0 Å². The van der Waals surface area contributed by atoms with Crippen molar-refractivity contribution in [2.24, 2.45) is 0 Å². The van der Waals surface area contributed by atoms with Crippen LogP contribution in [0.5, 0.6) is 0 Å². The Morgan fingerprint density at radius 1 is 1.13 bits per heavy atom. The second-order valence-electron chi connectivity index (χ2n) is 6.47. The van der Waals surface area contributed by atoms with E-state index in [9.17, 15) is 14.4 Å². The normalized spacial score (nSPS) is 14.8. The number of hydrogen-bond donors (Lipinski definition) is 2. The number of nitrogens with zero attached hydrogens (tertiary/aromatic N) is 1. The monoisotopic (exact) mass is 537 g/mol. The molecule has 1 aliphatic rings. The highest BCUT2D eigenvalue weighted by Crippen LogP contribution is 2.33. The lowest BCUT2D eigenvalue weighted by molar-refractivity contribution is -0.124. The Kier molecular flexibility index (Phi) is 8.25. The third-order valence-corrected chi connectivity index (χ3v) is 6.52. The number of nitrogens with one attached hydrogen (secondary N) is 2. The van der Waals surface area contributed by atoms with E-state index < -0.39 is 5.91 Å². The van der Waals surface area contributed by atoms with Gasteiger partial charge < -0.3 is 0 Å². The van der Waals surface area contributed by atoms with E-state index in [1.165, 1.54) is 16.7 Å². The van der Waals surface area contributed by atoms with E-state index in [-0.39, 0.29) is 18.2 Å². The lowest BCUT2D eigenvalue weighted by atomic mass is 10.2. The molecule has 0 unspecified atom stereocenters. The quantitative estimate of drug-likeness (QED) is 0.321. The van der Waals surface area contributed by atoms with Crippen LogP contribution in [0.15, 0.2) is 57.9 Å². The Morgan fingerprint density at radius 2 is 1.84 bits per heavy atom. The highest BCUT2D eigenvalue weighted by atomic mass is 79.9. The number of benzene rings is 2. The highest BCUT2D eigenvalue weighted by Gasteiger charge is 2.31. The summed E-state index contributed by atoms with van der Waals surface area (Å²) in [6.45, 7) is 0.304. The van der Waals surface area contributed by atoms with E-state index in [4.69, 9.17) is 23.8 Å². The van der Waals surface area contributed by atoms with Crippen molar-refractivity contribution in [1.29, 1.82) is 0 Å². The minimum absolute atomic E-state index is 0.126. The molecular weight excluding hydrogens is 522 g/mol. The van der Waals surface area contributed by atoms with Crippen LogP contribution < -0.4 is 10.9 Å². The molecule has 1 fully saturated rings. The summed E-state index contributed by atoms with van der Waals surface area (Å²) < 4.78 is 1.29. The molecule has 2 N–H and O–H groups in total. The summed E-state index contributed by atoms with van der Waals surface area (Å²) in [5.74, 6) is -0.983. The summed E-state index contributed by atoms with van der Waals surface area (Å²) in [5.41, 5.74) is 5.91. The van der Waals surface area contributed by atoms with Crippen molar-refractivity contribution in [1.82, 2.24) is 15.8 Å². The van der Waals surface area contributed by atoms with Crippen LogP contribution in [0.1, 0.15) is 28.8 Å². The summed E-state index contributed by atoms with van der Waals surface area (Å²) in [5, 5.41) is 0.551. The SMILES string of the molecule is O=C(CCCN1C(=O)C(=Cc2ccccc2Cl)SC1=S)NNC(=O)c1ccc(Br)cc1. The van der Waals surface area contributed by atoms with Crippen LogP contribution in [0.4, 0.5) is 0 Å². The maximum Gasteiger partial charge on any atom is 0.269 e. The zero-order valence-electron chi connectivity index (χ0n) is 16.1. The zero-order chi connectivity index (χ0) is 22.4. The predicted molar refractivity (Wildman–Crippen MR) is 130 cm³/mol. The summed E-state index contributed by atoms with van der Waals surface area (Å²) in [7, 11) is 0. The lowest BCUT2D eigenvalue weighted by Gasteiger charge is -2.14. The Balaban J connectivity index is 1.46. The van der Waals surface area contributed by atoms with Gasteiger partial charge >= 0.3 is 0 Å². The first-order valence-corrected chi connectivity index (χ1v) is 11.6. The topological polar surface area (TPSA) is 78.5 Å². The van der Waals surface area contributed by atoms with Gasteiger partial charge in [0.1, 0.15) is 4.32 Å². The molecule has 1 saturated heterocycles. The molecule has 31 heavy (non-hydrogen) atoms. The van der Waals surface area contributed by atoms with Crippen molar-refractivity contribution >= 4 is 79.6 Å². The first kappa shape index (κ1) is 23.5. The van der Waals surface area contributed by atoms with Crippen LogP contribution >= 0.6 is 51.5 Å². The molecule has 6 nitrogen and oxygen atoms in total. The van der Waals surface area contributed by atoms with Gasteiger partial charge in [-0.25, -0.2) is 0 Å². The van der Waals surface area contributed by atoms with Gasteiger partial charge in [0.15, 0.2) is 0 Å². The molecule has 0 aromatic heterocycles. The van der Waals surface area contributed by atoms with E-state index in [0.717, 1.165) is 10.0 Å². The molecule has 0 aliphatic carbocycles. The van der Waals surface area contributed by atoms with Crippen LogP contribution in [-0.4, -0.2) is 33.5 Å². The highest BCUT2D eigenvalue weighted by molar-refractivity contribution is 9.10. The maximum atomic E-state index is 12.6. The number of halogens is 2. The molecule has 0 spiro atoms. The number of hydrogen-bond acceptors (Lipinski definition) is 5. The molecular formula is C21H17BrClN3O3S2. The molecule has 1 aliphatic heterocycles. The van der Waals surface area contributed by atoms with Gasteiger partial charge in [-0.2, -0.15) is 0 Å². The molecule has 0 atom stereocenters. The number of hydrazine groups is 1. The molecule has 0 radical (unpaired) electrons.